The number of hydrogen-bond donors (Lipinski definition) is 1. The summed E-state index contributed by atoms with van der Waals surface area (Å²) in [5.74, 6) is 0. The van der Waals surface area contributed by atoms with E-state index < -0.39 is 0 Å². The Morgan fingerprint density at radius 2 is 1.94 bits per heavy atom. The van der Waals surface area contributed by atoms with E-state index in [0.717, 1.165) is 0 Å². The zero-order valence-electron chi connectivity index (χ0n) is 10.6. The van der Waals surface area contributed by atoms with Crippen molar-refractivity contribution in [3.05, 3.63) is 35.9 Å². The molecule has 1 aromatic rings. The highest BCUT2D eigenvalue weighted by Gasteiger charge is 2.13. The summed E-state index contributed by atoms with van der Waals surface area (Å²) < 4.78 is 0. The van der Waals surface area contributed by atoms with Crippen molar-refractivity contribution in [1.82, 2.24) is 4.90 Å². The van der Waals surface area contributed by atoms with Crippen molar-refractivity contribution < 1.29 is 0 Å². The van der Waals surface area contributed by atoms with Crippen LogP contribution in [0.25, 0.3) is 0 Å². The number of rotatable bonds is 4. The maximum atomic E-state index is 5.99. The van der Waals surface area contributed by atoms with Crippen molar-refractivity contribution >= 4 is 0 Å². The number of aryl methyl sites for hydroxylation is 1. The van der Waals surface area contributed by atoms with Gasteiger partial charge in [-0.1, -0.05) is 30.3 Å². The first-order valence-corrected chi connectivity index (χ1v) is 6.86. The molecule has 1 saturated heterocycles. The molecular weight excluding hydrogens is 208 g/mol. The SMILES string of the molecule is NC1CCCN(CCCc2ccccc2)CC1. The molecule has 0 radical (unpaired) electrons. The Bertz CT molecular complexity index is 310. The van der Waals surface area contributed by atoms with Gasteiger partial charge in [0.15, 0.2) is 0 Å². The summed E-state index contributed by atoms with van der Waals surface area (Å²) in [5, 5.41) is 0. The molecule has 1 fully saturated rings. The molecule has 1 aliphatic heterocycles. The van der Waals surface area contributed by atoms with Crippen LogP contribution in [0.4, 0.5) is 0 Å². The van der Waals surface area contributed by atoms with Gasteiger partial charge in [-0.2, -0.15) is 0 Å². The predicted molar refractivity (Wildman–Crippen MR) is 73.0 cm³/mol. The summed E-state index contributed by atoms with van der Waals surface area (Å²) in [7, 11) is 0. The zero-order valence-corrected chi connectivity index (χ0v) is 10.6. The Balaban J connectivity index is 1.68. The van der Waals surface area contributed by atoms with E-state index in [2.05, 4.69) is 35.2 Å². The molecule has 2 heteroatoms. The molecule has 1 heterocycles. The van der Waals surface area contributed by atoms with Crippen LogP contribution in [0.1, 0.15) is 31.2 Å². The molecule has 0 bridgehead atoms. The van der Waals surface area contributed by atoms with Crippen LogP contribution >= 0.6 is 0 Å². The lowest BCUT2D eigenvalue weighted by atomic mass is 10.1. The summed E-state index contributed by atoms with van der Waals surface area (Å²) in [5.41, 5.74) is 7.45. The van der Waals surface area contributed by atoms with Crippen LogP contribution in [0.5, 0.6) is 0 Å². The lowest BCUT2D eigenvalue weighted by molar-refractivity contribution is 0.280. The summed E-state index contributed by atoms with van der Waals surface area (Å²) in [4.78, 5) is 2.58. The highest BCUT2D eigenvalue weighted by molar-refractivity contribution is 5.14. The van der Waals surface area contributed by atoms with Gasteiger partial charge in [0.25, 0.3) is 0 Å². The van der Waals surface area contributed by atoms with Crippen molar-refractivity contribution in [2.75, 3.05) is 19.6 Å². The van der Waals surface area contributed by atoms with E-state index >= 15 is 0 Å². The molecule has 17 heavy (non-hydrogen) atoms. The predicted octanol–water partition coefficient (Wildman–Crippen LogP) is 2.43. The molecule has 0 saturated carbocycles. The maximum absolute atomic E-state index is 5.99. The third kappa shape index (κ3) is 4.49. The van der Waals surface area contributed by atoms with E-state index in [4.69, 9.17) is 5.73 Å². The second-order valence-electron chi connectivity index (χ2n) is 5.12. The summed E-state index contributed by atoms with van der Waals surface area (Å²) in [6, 6.07) is 11.2. The minimum Gasteiger partial charge on any atom is -0.328 e. The largest absolute Gasteiger partial charge is 0.328 e. The third-order valence-corrected chi connectivity index (χ3v) is 3.65. The first-order chi connectivity index (χ1) is 8.34. The minimum atomic E-state index is 0.439. The monoisotopic (exact) mass is 232 g/mol. The van der Waals surface area contributed by atoms with Crippen LogP contribution < -0.4 is 5.73 Å². The normalized spacial score (nSPS) is 22.3. The van der Waals surface area contributed by atoms with Gasteiger partial charge in [-0.15, -0.1) is 0 Å². The average Bonchev–Trinajstić information content (AvgIpc) is 2.56. The average molecular weight is 232 g/mol. The highest BCUT2D eigenvalue weighted by Crippen LogP contribution is 2.10. The summed E-state index contributed by atoms with van der Waals surface area (Å²) >= 11 is 0. The van der Waals surface area contributed by atoms with Crippen LogP contribution in [0.15, 0.2) is 30.3 Å². The van der Waals surface area contributed by atoms with E-state index in [1.165, 1.54) is 57.3 Å². The van der Waals surface area contributed by atoms with Gasteiger partial charge in [-0.05, 0) is 57.3 Å². The number of likely N-dealkylation sites (tertiary alicyclic amines) is 1. The molecule has 1 atom stereocenters. The summed E-state index contributed by atoms with van der Waals surface area (Å²) in [6.07, 6.45) is 6.11. The van der Waals surface area contributed by atoms with E-state index in [0.29, 0.717) is 6.04 Å². The Labute approximate surface area is 105 Å². The van der Waals surface area contributed by atoms with Gasteiger partial charge in [-0.3, -0.25) is 0 Å². The molecule has 2 N–H and O–H groups in total. The number of hydrogen-bond acceptors (Lipinski definition) is 2. The second kappa shape index (κ2) is 6.77. The van der Waals surface area contributed by atoms with Gasteiger partial charge < -0.3 is 10.6 Å². The maximum Gasteiger partial charge on any atom is 0.00514 e. The number of benzene rings is 1. The first-order valence-electron chi connectivity index (χ1n) is 6.86. The molecule has 0 spiro atoms. The van der Waals surface area contributed by atoms with Gasteiger partial charge in [0.2, 0.25) is 0 Å². The highest BCUT2D eigenvalue weighted by atomic mass is 15.1. The molecule has 1 aliphatic rings. The summed E-state index contributed by atoms with van der Waals surface area (Å²) in [6.45, 7) is 3.65. The first kappa shape index (κ1) is 12.6. The van der Waals surface area contributed by atoms with E-state index in [1.54, 1.807) is 0 Å². The van der Waals surface area contributed by atoms with E-state index in [-0.39, 0.29) is 0 Å². The third-order valence-electron chi connectivity index (χ3n) is 3.65. The van der Waals surface area contributed by atoms with Crippen LogP contribution in [0.3, 0.4) is 0 Å². The van der Waals surface area contributed by atoms with Crippen molar-refractivity contribution in [2.45, 2.75) is 38.1 Å². The molecule has 0 amide bonds. The standard InChI is InChI=1S/C15H24N2/c16-15-9-5-12-17(13-10-15)11-4-8-14-6-2-1-3-7-14/h1-3,6-7,15H,4-5,8-13,16H2. The van der Waals surface area contributed by atoms with Gasteiger partial charge in [-0.25, -0.2) is 0 Å². The molecule has 0 aliphatic carbocycles. The Kier molecular flexibility index (Phi) is 5.02. The molecule has 0 aromatic heterocycles. The van der Waals surface area contributed by atoms with E-state index in [1.807, 2.05) is 0 Å². The Morgan fingerprint density at radius 1 is 1.12 bits per heavy atom. The number of nitrogens with two attached hydrogens (primary N) is 1. The van der Waals surface area contributed by atoms with Gasteiger partial charge >= 0.3 is 0 Å². The molecule has 2 nitrogen and oxygen atoms in total. The van der Waals surface area contributed by atoms with Crippen LogP contribution in [0.2, 0.25) is 0 Å². The molecule has 1 unspecified atom stereocenters. The van der Waals surface area contributed by atoms with Crippen molar-refractivity contribution in [3.8, 4) is 0 Å². The lowest BCUT2D eigenvalue weighted by Crippen LogP contribution is -2.27. The smallest absolute Gasteiger partial charge is 0.00514 e. The van der Waals surface area contributed by atoms with Crippen molar-refractivity contribution in [2.24, 2.45) is 5.73 Å². The topological polar surface area (TPSA) is 29.3 Å². The quantitative estimate of drug-likeness (QED) is 0.864. The van der Waals surface area contributed by atoms with Crippen molar-refractivity contribution in [1.29, 1.82) is 0 Å². The fourth-order valence-corrected chi connectivity index (χ4v) is 2.56. The van der Waals surface area contributed by atoms with Gasteiger partial charge in [0.1, 0.15) is 0 Å². The van der Waals surface area contributed by atoms with Gasteiger partial charge in [0, 0.05) is 6.04 Å². The molecular formula is C15H24N2. The second-order valence-corrected chi connectivity index (χ2v) is 5.12. The Hall–Kier alpha value is -0.860. The molecule has 2 rings (SSSR count). The molecule has 1 aromatic carbocycles. The van der Waals surface area contributed by atoms with Crippen LogP contribution in [-0.4, -0.2) is 30.6 Å². The van der Waals surface area contributed by atoms with E-state index in [9.17, 15) is 0 Å². The fourth-order valence-electron chi connectivity index (χ4n) is 2.56. The fraction of sp³-hybridized carbons (Fsp3) is 0.600. The van der Waals surface area contributed by atoms with Crippen LogP contribution in [0, 0.1) is 0 Å². The van der Waals surface area contributed by atoms with Crippen LogP contribution in [-0.2, 0) is 6.42 Å². The van der Waals surface area contributed by atoms with Crippen molar-refractivity contribution in [3.63, 3.8) is 0 Å². The number of nitrogens with zero attached hydrogens (tertiary/aromatic N) is 1. The minimum absolute atomic E-state index is 0.439. The van der Waals surface area contributed by atoms with Gasteiger partial charge in [0.05, 0.1) is 0 Å². The zero-order chi connectivity index (χ0) is 11.9. The Morgan fingerprint density at radius 3 is 2.76 bits per heavy atom. The lowest BCUT2D eigenvalue weighted by Gasteiger charge is -2.19. The molecule has 94 valence electrons.